The molecule has 3 aromatic carbocycles. The monoisotopic (exact) mass is 377 g/mol. The van der Waals surface area contributed by atoms with E-state index in [4.69, 9.17) is 11.6 Å². The summed E-state index contributed by atoms with van der Waals surface area (Å²) in [6.45, 7) is 1.75. The van der Waals surface area contributed by atoms with Crippen molar-refractivity contribution in [3.8, 4) is 0 Å². The lowest BCUT2D eigenvalue weighted by molar-refractivity contribution is -0.384. The fourth-order valence-corrected chi connectivity index (χ4v) is 2.72. The molecule has 0 aromatic heterocycles. The maximum Gasteiger partial charge on any atom is 0.288 e. The lowest BCUT2D eigenvalue weighted by atomic mass is 10.0. The lowest BCUT2D eigenvalue weighted by Crippen LogP contribution is -2.03. The maximum atomic E-state index is 11.1. The van der Waals surface area contributed by atoms with E-state index in [0.29, 0.717) is 11.3 Å². The van der Waals surface area contributed by atoms with Gasteiger partial charge in [0.1, 0.15) is 10.7 Å². The van der Waals surface area contributed by atoms with Gasteiger partial charge in [-0.1, -0.05) is 78.3 Å². The molecule has 0 saturated carbocycles. The van der Waals surface area contributed by atoms with Crippen LogP contribution in [0.5, 0.6) is 0 Å². The molecule has 0 atom stereocenters. The number of nitro benzene ring substituents is 1. The third kappa shape index (κ3) is 4.46. The molecule has 0 unspecified atom stereocenters. The first-order valence-corrected chi connectivity index (χ1v) is 8.61. The molecule has 0 aliphatic carbocycles. The van der Waals surface area contributed by atoms with Gasteiger partial charge in [-0.15, -0.1) is 5.10 Å². The van der Waals surface area contributed by atoms with Gasteiger partial charge < -0.3 is 0 Å². The van der Waals surface area contributed by atoms with E-state index >= 15 is 0 Å². The zero-order valence-corrected chi connectivity index (χ0v) is 15.3. The van der Waals surface area contributed by atoms with Gasteiger partial charge in [-0.3, -0.25) is 10.1 Å². The first-order valence-electron chi connectivity index (χ1n) is 8.23. The third-order valence-electron chi connectivity index (χ3n) is 3.96. The van der Waals surface area contributed by atoms with Crippen LogP contribution in [0.4, 0.5) is 5.69 Å². The molecule has 0 amide bonds. The number of halogens is 1. The molecule has 27 heavy (non-hydrogen) atoms. The van der Waals surface area contributed by atoms with Gasteiger partial charge in [-0.2, -0.15) is 5.10 Å². The van der Waals surface area contributed by atoms with Crippen molar-refractivity contribution in [2.75, 3.05) is 0 Å². The van der Waals surface area contributed by atoms with Crippen molar-refractivity contribution in [2.24, 2.45) is 10.2 Å². The lowest BCUT2D eigenvalue weighted by Gasteiger charge is -2.06. The molecular weight excluding hydrogens is 362 g/mol. The predicted octanol–water partition coefficient (Wildman–Crippen LogP) is 5.51. The molecule has 3 aromatic rings. The Kier molecular flexibility index (Phi) is 5.74. The highest BCUT2D eigenvalue weighted by molar-refractivity contribution is 6.32. The molecule has 0 radical (unpaired) electrons. The predicted molar refractivity (Wildman–Crippen MR) is 109 cm³/mol. The number of hydrogen-bond acceptors (Lipinski definition) is 4. The summed E-state index contributed by atoms with van der Waals surface area (Å²) in [6.07, 6.45) is 0. The molecular formula is C21H16ClN3O2. The molecule has 0 spiro atoms. The largest absolute Gasteiger partial charge is 0.288 e. The van der Waals surface area contributed by atoms with E-state index < -0.39 is 4.92 Å². The Morgan fingerprint density at radius 1 is 0.852 bits per heavy atom. The van der Waals surface area contributed by atoms with Crippen molar-refractivity contribution in [1.82, 2.24) is 0 Å². The molecule has 0 saturated heterocycles. The van der Waals surface area contributed by atoms with E-state index in [1.807, 2.05) is 60.7 Å². The average molecular weight is 378 g/mol. The fraction of sp³-hybridized carbons (Fsp3) is 0.0476. The van der Waals surface area contributed by atoms with Gasteiger partial charge in [-0.05, 0) is 13.0 Å². The van der Waals surface area contributed by atoms with Crippen molar-refractivity contribution in [1.29, 1.82) is 0 Å². The molecule has 0 N–H and O–H groups in total. The summed E-state index contributed by atoms with van der Waals surface area (Å²) in [5.74, 6) is 0. The van der Waals surface area contributed by atoms with Gasteiger partial charge in [0.25, 0.3) is 5.69 Å². The second-order valence-corrected chi connectivity index (χ2v) is 6.20. The summed E-state index contributed by atoms with van der Waals surface area (Å²) >= 11 is 5.87. The van der Waals surface area contributed by atoms with Gasteiger partial charge in [0.05, 0.1) is 10.6 Å². The van der Waals surface area contributed by atoms with E-state index in [-0.39, 0.29) is 10.7 Å². The molecule has 0 heterocycles. The van der Waals surface area contributed by atoms with Gasteiger partial charge in [0, 0.05) is 22.8 Å². The SMILES string of the molecule is C/C(=N/N=C(c1ccccc1)c1ccccc1)c1ccc(Cl)c([N+](=O)[O-])c1. The van der Waals surface area contributed by atoms with Crippen LogP contribution >= 0.6 is 11.6 Å². The van der Waals surface area contributed by atoms with Crippen LogP contribution in [0.3, 0.4) is 0 Å². The van der Waals surface area contributed by atoms with Crippen LogP contribution in [0.25, 0.3) is 0 Å². The van der Waals surface area contributed by atoms with Crippen molar-refractivity contribution < 1.29 is 4.92 Å². The van der Waals surface area contributed by atoms with Crippen molar-refractivity contribution in [3.05, 3.63) is 111 Å². The summed E-state index contributed by atoms with van der Waals surface area (Å²) < 4.78 is 0. The highest BCUT2D eigenvalue weighted by Gasteiger charge is 2.14. The second-order valence-electron chi connectivity index (χ2n) is 5.79. The van der Waals surface area contributed by atoms with Crippen LogP contribution in [-0.2, 0) is 0 Å². The van der Waals surface area contributed by atoms with Crippen molar-refractivity contribution >= 4 is 28.7 Å². The smallest absolute Gasteiger partial charge is 0.258 e. The van der Waals surface area contributed by atoms with Gasteiger partial charge >= 0.3 is 0 Å². The third-order valence-corrected chi connectivity index (χ3v) is 4.27. The second kappa shape index (κ2) is 8.38. The maximum absolute atomic E-state index is 11.1. The Labute approximate surface area is 161 Å². The standard InChI is InChI=1S/C21H16ClN3O2/c1-15(18-12-13-19(22)20(14-18)25(26)27)23-24-21(16-8-4-2-5-9-16)17-10-6-3-7-11-17/h2-14H,1H3/b23-15-. The van der Waals surface area contributed by atoms with E-state index in [9.17, 15) is 10.1 Å². The quantitative estimate of drug-likeness (QED) is 0.334. The summed E-state index contributed by atoms with van der Waals surface area (Å²) in [4.78, 5) is 10.6. The van der Waals surface area contributed by atoms with Crippen LogP contribution < -0.4 is 0 Å². The zero-order valence-electron chi connectivity index (χ0n) is 14.5. The Hall–Kier alpha value is -3.31. The fourth-order valence-electron chi connectivity index (χ4n) is 2.53. The number of rotatable bonds is 5. The summed E-state index contributed by atoms with van der Waals surface area (Å²) in [6, 6.07) is 24.1. The number of benzene rings is 3. The Morgan fingerprint density at radius 3 is 1.93 bits per heavy atom. The minimum absolute atomic E-state index is 0.0920. The normalized spacial score (nSPS) is 11.1. The molecule has 0 aliphatic heterocycles. The molecule has 6 heteroatoms. The van der Waals surface area contributed by atoms with Gasteiger partial charge in [0.2, 0.25) is 0 Å². The number of nitro groups is 1. The summed E-state index contributed by atoms with van der Waals surface area (Å²) in [7, 11) is 0. The minimum Gasteiger partial charge on any atom is -0.258 e. The molecule has 0 aliphatic rings. The summed E-state index contributed by atoms with van der Waals surface area (Å²) in [5, 5.41) is 19.9. The van der Waals surface area contributed by atoms with Gasteiger partial charge in [-0.25, -0.2) is 0 Å². The topological polar surface area (TPSA) is 67.9 Å². The Bertz CT molecular complexity index is 975. The van der Waals surface area contributed by atoms with Crippen molar-refractivity contribution in [3.63, 3.8) is 0 Å². The molecule has 0 fully saturated rings. The number of hydrogen-bond donors (Lipinski definition) is 0. The molecule has 0 bridgehead atoms. The molecule has 5 nitrogen and oxygen atoms in total. The Balaban J connectivity index is 2.03. The first-order chi connectivity index (χ1) is 13.1. The number of nitrogens with zero attached hydrogens (tertiary/aromatic N) is 3. The highest BCUT2D eigenvalue weighted by Crippen LogP contribution is 2.25. The van der Waals surface area contributed by atoms with Crippen LogP contribution in [0.1, 0.15) is 23.6 Å². The Morgan fingerprint density at radius 2 is 1.41 bits per heavy atom. The zero-order chi connectivity index (χ0) is 19.2. The van der Waals surface area contributed by atoms with Crippen LogP contribution in [0.2, 0.25) is 5.02 Å². The van der Waals surface area contributed by atoms with E-state index in [1.54, 1.807) is 13.0 Å². The first kappa shape index (κ1) is 18.5. The van der Waals surface area contributed by atoms with E-state index in [2.05, 4.69) is 10.2 Å². The summed E-state index contributed by atoms with van der Waals surface area (Å²) in [5.41, 5.74) is 3.58. The van der Waals surface area contributed by atoms with E-state index in [1.165, 1.54) is 12.1 Å². The minimum atomic E-state index is -0.512. The molecule has 134 valence electrons. The molecule has 3 rings (SSSR count). The highest BCUT2D eigenvalue weighted by atomic mass is 35.5. The van der Waals surface area contributed by atoms with Crippen molar-refractivity contribution in [2.45, 2.75) is 6.92 Å². The van der Waals surface area contributed by atoms with Crippen LogP contribution in [0.15, 0.2) is 89.1 Å². The average Bonchev–Trinajstić information content (AvgIpc) is 2.70. The van der Waals surface area contributed by atoms with E-state index in [0.717, 1.165) is 16.8 Å². The van der Waals surface area contributed by atoms with Gasteiger partial charge in [0.15, 0.2) is 0 Å². The van der Waals surface area contributed by atoms with Crippen LogP contribution in [-0.4, -0.2) is 16.3 Å². The van der Waals surface area contributed by atoms with Crippen LogP contribution in [0, 0.1) is 10.1 Å².